The average molecular weight is 229 g/mol. The van der Waals surface area contributed by atoms with Crippen molar-refractivity contribution in [3.63, 3.8) is 0 Å². The summed E-state index contributed by atoms with van der Waals surface area (Å²) in [5, 5.41) is 12.2. The SMILES string of the molecule is CC1(CNC(=O)OC(C)(C)C)CCC(O)C1. The first-order valence-electron chi connectivity index (χ1n) is 5.85. The lowest BCUT2D eigenvalue weighted by Crippen LogP contribution is -2.38. The van der Waals surface area contributed by atoms with E-state index in [9.17, 15) is 9.90 Å². The number of aliphatic hydroxyl groups is 1. The first kappa shape index (κ1) is 13.3. The summed E-state index contributed by atoms with van der Waals surface area (Å²) in [5.41, 5.74) is -0.448. The summed E-state index contributed by atoms with van der Waals surface area (Å²) in [5.74, 6) is 0. The molecule has 1 saturated carbocycles. The predicted octanol–water partition coefficient (Wildman–Crippen LogP) is 2.06. The van der Waals surface area contributed by atoms with Gasteiger partial charge in [-0.15, -0.1) is 0 Å². The Hall–Kier alpha value is -0.770. The highest BCUT2D eigenvalue weighted by Gasteiger charge is 2.34. The van der Waals surface area contributed by atoms with Crippen LogP contribution in [0.1, 0.15) is 47.0 Å². The van der Waals surface area contributed by atoms with Gasteiger partial charge in [0.2, 0.25) is 0 Å². The van der Waals surface area contributed by atoms with Crippen LogP contribution >= 0.6 is 0 Å². The van der Waals surface area contributed by atoms with Crippen LogP contribution in [0, 0.1) is 5.41 Å². The van der Waals surface area contributed by atoms with Gasteiger partial charge in [-0.3, -0.25) is 0 Å². The van der Waals surface area contributed by atoms with Crippen molar-refractivity contribution in [2.24, 2.45) is 5.41 Å². The number of alkyl carbamates (subject to hydrolysis) is 1. The Labute approximate surface area is 97.4 Å². The molecule has 4 nitrogen and oxygen atoms in total. The Balaban J connectivity index is 2.32. The molecule has 1 aliphatic rings. The number of amides is 1. The zero-order valence-corrected chi connectivity index (χ0v) is 10.7. The molecule has 0 heterocycles. The lowest BCUT2D eigenvalue weighted by molar-refractivity contribution is 0.0499. The van der Waals surface area contributed by atoms with Gasteiger partial charge in [-0.25, -0.2) is 4.79 Å². The number of carbonyl (C=O) groups excluding carboxylic acids is 1. The molecule has 0 spiro atoms. The van der Waals surface area contributed by atoms with Gasteiger partial charge in [0.05, 0.1) is 6.10 Å². The van der Waals surface area contributed by atoms with Gasteiger partial charge in [-0.05, 0) is 45.4 Å². The van der Waals surface area contributed by atoms with Gasteiger partial charge in [-0.1, -0.05) is 6.92 Å². The summed E-state index contributed by atoms with van der Waals surface area (Å²) in [6, 6.07) is 0. The number of hydrogen-bond donors (Lipinski definition) is 2. The van der Waals surface area contributed by atoms with Crippen LogP contribution in [-0.2, 0) is 4.74 Å². The van der Waals surface area contributed by atoms with E-state index in [1.807, 2.05) is 20.8 Å². The minimum atomic E-state index is -0.458. The molecule has 1 fully saturated rings. The average Bonchev–Trinajstić information content (AvgIpc) is 2.41. The van der Waals surface area contributed by atoms with Gasteiger partial charge >= 0.3 is 6.09 Å². The van der Waals surface area contributed by atoms with Gasteiger partial charge in [0.1, 0.15) is 5.60 Å². The van der Waals surface area contributed by atoms with Crippen molar-refractivity contribution in [2.75, 3.05) is 6.54 Å². The van der Waals surface area contributed by atoms with Gasteiger partial charge in [0.15, 0.2) is 0 Å². The monoisotopic (exact) mass is 229 g/mol. The maximum absolute atomic E-state index is 11.4. The highest BCUT2D eigenvalue weighted by molar-refractivity contribution is 5.67. The van der Waals surface area contributed by atoms with Crippen LogP contribution in [0.3, 0.4) is 0 Å². The second-order valence-corrected chi connectivity index (χ2v) is 6.06. The maximum Gasteiger partial charge on any atom is 0.407 e. The van der Waals surface area contributed by atoms with E-state index in [1.165, 1.54) is 0 Å². The topological polar surface area (TPSA) is 58.6 Å². The van der Waals surface area contributed by atoms with Crippen LogP contribution in [0.15, 0.2) is 0 Å². The molecule has 0 bridgehead atoms. The number of carbonyl (C=O) groups is 1. The van der Waals surface area contributed by atoms with Crippen LogP contribution in [0.4, 0.5) is 4.79 Å². The van der Waals surface area contributed by atoms with Gasteiger partial charge < -0.3 is 15.2 Å². The lowest BCUT2D eigenvalue weighted by Gasteiger charge is -2.25. The molecule has 2 unspecified atom stereocenters. The molecule has 1 amide bonds. The molecule has 1 rings (SSSR count). The first-order valence-corrected chi connectivity index (χ1v) is 5.85. The first-order chi connectivity index (χ1) is 7.20. The molecule has 4 heteroatoms. The Kier molecular flexibility index (Phi) is 3.84. The van der Waals surface area contributed by atoms with E-state index in [-0.39, 0.29) is 17.6 Å². The summed E-state index contributed by atoms with van der Waals surface area (Å²) in [6.07, 6.45) is 1.93. The standard InChI is InChI=1S/C12H23NO3/c1-11(2,3)16-10(15)13-8-12(4)6-5-9(14)7-12/h9,14H,5-8H2,1-4H3,(H,13,15). The van der Waals surface area contributed by atoms with E-state index in [1.54, 1.807) is 0 Å². The molecule has 0 aliphatic heterocycles. The van der Waals surface area contributed by atoms with E-state index in [0.717, 1.165) is 19.3 Å². The van der Waals surface area contributed by atoms with Crippen LogP contribution < -0.4 is 5.32 Å². The molecule has 16 heavy (non-hydrogen) atoms. The van der Waals surface area contributed by atoms with Crippen LogP contribution in [-0.4, -0.2) is 29.4 Å². The second kappa shape index (κ2) is 4.62. The van der Waals surface area contributed by atoms with Crippen molar-refractivity contribution in [3.05, 3.63) is 0 Å². The van der Waals surface area contributed by atoms with Gasteiger partial charge in [-0.2, -0.15) is 0 Å². The predicted molar refractivity (Wildman–Crippen MR) is 62.2 cm³/mol. The molecule has 2 N–H and O–H groups in total. The lowest BCUT2D eigenvalue weighted by atomic mass is 9.89. The fraction of sp³-hybridized carbons (Fsp3) is 0.917. The quantitative estimate of drug-likeness (QED) is 0.762. The largest absolute Gasteiger partial charge is 0.444 e. The fourth-order valence-corrected chi connectivity index (χ4v) is 2.05. The van der Waals surface area contributed by atoms with Crippen LogP contribution in [0.5, 0.6) is 0 Å². The van der Waals surface area contributed by atoms with Gasteiger partial charge in [0.25, 0.3) is 0 Å². The Bertz CT molecular complexity index is 259. The molecule has 94 valence electrons. The Morgan fingerprint density at radius 1 is 1.56 bits per heavy atom. The van der Waals surface area contributed by atoms with Crippen molar-refractivity contribution in [3.8, 4) is 0 Å². The minimum absolute atomic E-state index is 0.0102. The van der Waals surface area contributed by atoms with Gasteiger partial charge in [0, 0.05) is 6.54 Å². The third-order valence-electron chi connectivity index (χ3n) is 2.87. The van der Waals surface area contributed by atoms with E-state index >= 15 is 0 Å². The minimum Gasteiger partial charge on any atom is -0.444 e. The molecule has 0 aromatic rings. The summed E-state index contributed by atoms with van der Waals surface area (Å²) in [6.45, 7) is 8.18. The van der Waals surface area contributed by atoms with E-state index in [4.69, 9.17) is 4.74 Å². The molecular weight excluding hydrogens is 206 g/mol. The normalized spacial score (nSPS) is 30.2. The highest BCUT2D eigenvalue weighted by atomic mass is 16.6. The molecule has 0 aromatic carbocycles. The molecule has 0 saturated heterocycles. The zero-order valence-electron chi connectivity index (χ0n) is 10.7. The number of aliphatic hydroxyl groups excluding tert-OH is 1. The Morgan fingerprint density at radius 2 is 2.19 bits per heavy atom. The molecule has 0 aromatic heterocycles. The molecule has 0 radical (unpaired) electrons. The summed E-state index contributed by atoms with van der Waals surface area (Å²) >= 11 is 0. The van der Waals surface area contributed by atoms with Crippen molar-refractivity contribution in [2.45, 2.75) is 58.7 Å². The zero-order chi connectivity index (χ0) is 12.4. The third-order valence-corrected chi connectivity index (χ3v) is 2.87. The highest BCUT2D eigenvalue weighted by Crippen LogP contribution is 2.37. The van der Waals surface area contributed by atoms with Crippen molar-refractivity contribution < 1.29 is 14.6 Å². The van der Waals surface area contributed by atoms with Crippen molar-refractivity contribution >= 4 is 6.09 Å². The van der Waals surface area contributed by atoms with E-state index in [2.05, 4.69) is 12.2 Å². The van der Waals surface area contributed by atoms with E-state index < -0.39 is 5.60 Å². The fourth-order valence-electron chi connectivity index (χ4n) is 2.05. The summed E-state index contributed by atoms with van der Waals surface area (Å²) < 4.78 is 5.16. The number of hydrogen-bond acceptors (Lipinski definition) is 3. The number of rotatable bonds is 2. The van der Waals surface area contributed by atoms with Crippen molar-refractivity contribution in [1.29, 1.82) is 0 Å². The summed E-state index contributed by atoms with van der Waals surface area (Å²) in [4.78, 5) is 11.4. The molecule has 2 atom stereocenters. The Morgan fingerprint density at radius 3 is 2.62 bits per heavy atom. The van der Waals surface area contributed by atoms with E-state index in [0.29, 0.717) is 6.54 Å². The van der Waals surface area contributed by atoms with Crippen LogP contribution in [0.25, 0.3) is 0 Å². The number of ether oxygens (including phenoxy) is 1. The van der Waals surface area contributed by atoms with Crippen LogP contribution in [0.2, 0.25) is 0 Å². The summed E-state index contributed by atoms with van der Waals surface area (Å²) in [7, 11) is 0. The third kappa shape index (κ3) is 4.39. The second-order valence-electron chi connectivity index (χ2n) is 6.06. The van der Waals surface area contributed by atoms with Crippen molar-refractivity contribution in [1.82, 2.24) is 5.32 Å². The molecular formula is C12H23NO3. The maximum atomic E-state index is 11.4. The molecule has 1 aliphatic carbocycles. The smallest absolute Gasteiger partial charge is 0.407 e. The number of nitrogens with one attached hydrogen (secondary N) is 1.